The van der Waals surface area contributed by atoms with Crippen molar-refractivity contribution < 1.29 is 14.3 Å². The highest BCUT2D eigenvalue weighted by molar-refractivity contribution is 5.89. The largest absolute Gasteiger partial charge is 0.383 e. The molecule has 1 atom stereocenters. The van der Waals surface area contributed by atoms with Crippen LogP contribution in [-0.4, -0.2) is 55.6 Å². The molecule has 2 fully saturated rings. The van der Waals surface area contributed by atoms with Crippen molar-refractivity contribution >= 4 is 24.2 Å². The zero-order valence-corrected chi connectivity index (χ0v) is 13.4. The second kappa shape index (κ2) is 7.96. The first-order chi connectivity index (χ1) is 9.60. The van der Waals surface area contributed by atoms with Gasteiger partial charge in [0.25, 0.3) is 0 Å². The number of methoxy groups -OCH3 is 1. The Morgan fingerprint density at radius 2 is 2.14 bits per heavy atom. The first-order valence-corrected chi connectivity index (χ1v) is 7.39. The number of amides is 2. The summed E-state index contributed by atoms with van der Waals surface area (Å²) in [5.41, 5.74) is 5.59. The van der Waals surface area contributed by atoms with Gasteiger partial charge in [0.2, 0.25) is 11.8 Å². The van der Waals surface area contributed by atoms with Crippen molar-refractivity contribution in [1.29, 1.82) is 0 Å². The van der Waals surface area contributed by atoms with Crippen LogP contribution >= 0.6 is 12.4 Å². The molecule has 2 amide bonds. The second-order valence-electron chi connectivity index (χ2n) is 5.91. The molecule has 1 saturated heterocycles. The quantitative estimate of drug-likeness (QED) is 0.737. The van der Waals surface area contributed by atoms with Crippen LogP contribution in [-0.2, 0) is 14.3 Å². The highest BCUT2D eigenvalue weighted by Crippen LogP contribution is 2.29. The van der Waals surface area contributed by atoms with Crippen LogP contribution in [0.15, 0.2) is 0 Å². The molecule has 1 saturated carbocycles. The summed E-state index contributed by atoms with van der Waals surface area (Å²) in [5.74, 6) is -0.232. The average molecular weight is 320 g/mol. The topological polar surface area (TPSA) is 84.7 Å². The summed E-state index contributed by atoms with van der Waals surface area (Å²) in [4.78, 5) is 25.9. The van der Waals surface area contributed by atoms with Gasteiger partial charge in [-0.05, 0) is 12.8 Å². The van der Waals surface area contributed by atoms with E-state index in [1.54, 1.807) is 12.0 Å². The predicted octanol–water partition coefficient (Wildman–Crippen LogP) is 0.291. The van der Waals surface area contributed by atoms with Crippen LogP contribution in [0.25, 0.3) is 0 Å². The maximum absolute atomic E-state index is 12.4. The summed E-state index contributed by atoms with van der Waals surface area (Å²) in [6.45, 7) is 2.04. The van der Waals surface area contributed by atoms with E-state index >= 15 is 0 Å². The summed E-state index contributed by atoms with van der Waals surface area (Å²) in [6.07, 6.45) is 4.42. The Balaban J connectivity index is 0.00000220. The van der Waals surface area contributed by atoms with E-state index in [0.717, 1.165) is 25.7 Å². The van der Waals surface area contributed by atoms with Crippen LogP contribution in [0.1, 0.15) is 32.1 Å². The van der Waals surface area contributed by atoms with Crippen LogP contribution in [0.2, 0.25) is 0 Å². The Morgan fingerprint density at radius 1 is 1.48 bits per heavy atom. The molecular weight excluding hydrogens is 294 g/mol. The molecule has 3 N–H and O–H groups in total. The predicted molar refractivity (Wildman–Crippen MR) is 82.2 cm³/mol. The van der Waals surface area contributed by atoms with Crippen LogP contribution in [0, 0.1) is 5.92 Å². The zero-order chi connectivity index (χ0) is 14.6. The van der Waals surface area contributed by atoms with Crippen LogP contribution in [0.3, 0.4) is 0 Å². The van der Waals surface area contributed by atoms with Gasteiger partial charge in [0.05, 0.1) is 18.1 Å². The van der Waals surface area contributed by atoms with E-state index < -0.39 is 0 Å². The van der Waals surface area contributed by atoms with Crippen LogP contribution in [0.5, 0.6) is 0 Å². The average Bonchev–Trinajstić information content (AvgIpc) is 3.04. The molecular formula is C14H26ClN3O3. The van der Waals surface area contributed by atoms with Crippen molar-refractivity contribution in [3.05, 3.63) is 0 Å². The molecule has 0 aromatic carbocycles. The van der Waals surface area contributed by atoms with Gasteiger partial charge < -0.3 is 20.7 Å². The molecule has 1 heterocycles. The molecule has 1 aliphatic carbocycles. The minimum Gasteiger partial charge on any atom is -0.383 e. The zero-order valence-electron chi connectivity index (χ0n) is 12.6. The smallest absolute Gasteiger partial charge is 0.225 e. The Morgan fingerprint density at radius 3 is 2.71 bits per heavy atom. The fourth-order valence-electron chi connectivity index (χ4n) is 3.16. The van der Waals surface area contributed by atoms with Crippen molar-refractivity contribution in [3.63, 3.8) is 0 Å². The third-order valence-corrected chi connectivity index (χ3v) is 4.49. The van der Waals surface area contributed by atoms with E-state index in [0.29, 0.717) is 32.7 Å². The van der Waals surface area contributed by atoms with Gasteiger partial charge in [-0.1, -0.05) is 12.8 Å². The van der Waals surface area contributed by atoms with Gasteiger partial charge in [0, 0.05) is 33.2 Å². The molecule has 0 aromatic rings. The molecule has 21 heavy (non-hydrogen) atoms. The fraction of sp³-hybridized carbons (Fsp3) is 0.857. The van der Waals surface area contributed by atoms with Crippen molar-refractivity contribution in [1.82, 2.24) is 10.2 Å². The summed E-state index contributed by atoms with van der Waals surface area (Å²) >= 11 is 0. The first-order valence-electron chi connectivity index (χ1n) is 7.39. The van der Waals surface area contributed by atoms with Gasteiger partial charge in [-0.3, -0.25) is 9.59 Å². The third kappa shape index (κ3) is 4.31. The molecule has 0 bridgehead atoms. The number of hydrogen-bond acceptors (Lipinski definition) is 4. The van der Waals surface area contributed by atoms with Crippen molar-refractivity contribution in [2.75, 3.05) is 33.4 Å². The summed E-state index contributed by atoms with van der Waals surface area (Å²) in [6, 6.07) is 0. The molecule has 1 aliphatic heterocycles. The number of hydrogen-bond donors (Lipinski definition) is 2. The number of carbonyl (C=O) groups excluding carboxylic acids is 2. The van der Waals surface area contributed by atoms with E-state index in [-0.39, 0.29) is 35.7 Å². The standard InChI is InChI=1S/C14H25N3O3.ClH/c1-20-7-6-17-9-11(8-12(17)18)13(19)16-14(10-15)4-2-3-5-14;/h11H,2-10,15H2,1H3,(H,16,19);1H. The molecule has 0 spiro atoms. The van der Waals surface area contributed by atoms with Gasteiger partial charge in [-0.25, -0.2) is 0 Å². The van der Waals surface area contributed by atoms with Crippen LogP contribution < -0.4 is 11.1 Å². The lowest BCUT2D eigenvalue weighted by molar-refractivity contribution is -0.129. The lowest BCUT2D eigenvalue weighted by Gasteiger charge is -2.30. The Hall–Kier alpha value is -0.850. The van der Waals surface area contributed by atoms with E-state index in [4.69, 9.17) is 10.5 Å². The number of nitrogens with zero attached hydrogens (tertiary/aromatic N) is 1. The summed E-state index contributed by atoms with van der Waals surface area (Å²) in [5, 5.41) is 3.11. The number of ether oxygens (including phenoxy) is 1. The Kier molecular flexibility index (Phi) is 6.90. The monoisotopic (exact) mass is 319 g/mol. The SMILES string of the molecule is COCCN1CC(C(=O)NC2(CN)CCCC2)CC1=O.Cl. The molecule has 0 aromatic heterocycles. The number of likely N-dealkylation sites (tertiary alicyclic amines) is 1. The van der Waals surface area contributed by atoms with E-state index in [1.165, 1.54) is 0 Å². The number of carbonyl (C=O) groups is 2. The maximum atomic E-state index is 12.4. The number of halogens is 1. The first kappa shape index (κ1) is 18.2. The molecule has 6 nitrogen and oxygen atoms in total. The molecule has 7 heteroatoms. The second-order valence-corrected chi connectivity index (χ2v) is 5.91. The molecule has 1 unspecified atom stereocenters. The van der Waals surface area contributed by atoms with Gasteiger partial charge in [-0.15, -0.1) is 12.4 Å². The molecule has 0 radical (unpaired) electrons. The van der Waals surface area contributed by atoms with Crippen molar-refractivity contribution in [3.8, 4) is 0 Å². The van der Waals surface area contributed by atoms with E-state index in [2.05, 4.69) is 5.32 Å². The van der Waals surface area contributed by atoms with Gasteiger partial charge in [0.1, 0.15) is 0 Å². The van der Waals surface area contributed by atoms with Crippen LogP contribution in [0.4, 0.5) is 0 Å². The van der Waals surface area contributed by atoms with Gasteiger partial charge in [0.15, 0.2) is 0 Å². The molecule has 2 rings (SSSR count). The molecule has 2 aliphatic rings. The lowest BCUT2D eigenvalue weighted by Crippen LogP contribution is -2.53. The minimum atomic E-state index is -0.247. The highest BCUT2D eigenvalue weighted by atomic mass is 35.5. The minimum absolute atomic E-state index is 0. The Bertz CT molecular complexity index is 372. The number of nitrogens with two attached hydrogens (primary N) is 1. The number of rotatable bonds is 6. The molecule has 122 valence electrons. The van der Waals surface area contributed by atoms with E-state index in [1.807, 2.05) is 0 Å². The number of nitrogens with one attached hydrogen (secondary N) is 1. The summed E-state index contributed by atoms with van der Waals surface area (Å²) < 4.78 is 4.98. The Labute approximate surface area is 132 Å². The normalized spacial score (nSPS) is 24.0. The van der Waals surface area contributed by atoms with Gasteiger partial charge >= 0.3 is 0 Å². The lowest BCUT2D eigenvalue weighted by atomic mass is 9.96. The van der Waals surface area contributed by atoms with Crippen molar-refractivity contribution in [2.24, 2.45) is 11.7 Å². The summed E-state index contributed by atoms with van der Waals surface area (Å²) in [7, 11) is 1.61. The van der Waals surface area contributed by atoms with Crippen molar-refractivity contribution in [2.45, 2.75) is 37.6 Å². The maximum Gasteiger partial charge on any atom is 0.225 e. The third-order valence-electron chi connectivity index (χ3n) is 4.49. The van der Waals surface area contributed by atoms with Gasteiger partial charge in [-0.2, -0.15) is 0 Å². The van der Waals surface area contributed by atoms with E-state index in [9.17, 15) is 9.59 Å². The highest BCUT2D eigenvalue weighted by Gasteiger charge is 2.39. The fourth-order valence-corrected chi connectivity index (χ4v) is 3.16.